The normalized spacial score (nSPS) is 10.3. The van der Waals surface area contributed by atoms with Crippen molar-refractivity contribution in [3.8, 4) is 5.69 Å². The molecule has 0 radical (unpaired) electrons. The van der Waals surface area contributed by atoms with E-state index in [2.05, 4.69) is 10.3 Å². The van der Waals surface area contributed by atoms with E-state index in [1.54, 1.807) is 25.0 Å². The highest BCUT2D eigenvalue weighted by Crippen LogP contribution is 2.08. The summed E-state index contributed by atoms with van der Waals surface area (Å²) < 4.78 is 1.59. The van der Waals surface area contributed by atoms with Crippen molar-refractivity contribution in [2.75, 3.05) is 14.1 Å². The van der Waals surface area contributed by atoms with E-state index >= 15 is 0 Å². The van der Waals surface area contributed by atoms with E-state index in [-0.39, 0.29) is 5.91 Å². The first-order valence-electron chi connectivity index (χ1n) is 5.29. The molecule has 1 aromatic carbocycles. The predicted molar refractivity (Wildman–Crippen MR) is 64.1 cm³/mol. The van der Waals surface area contributed by atoms with Gasteiger partial charge in [0.25, 0.3) is 5.91 Å². The van der Waals surface area contributed by atoms with E-state index in [1.165, 1.54) is 10.5 Å². The summed E-state index contributed by atoms with van der Waals surface area (Å²) >= 11 is 0. The Bertz CT molecular complexity index is 528. The first-order valence-corrected chi connectivity index (χ1v) is 5.29. The van der Waals surface area contributed by atoms with Crippen LogP contribution in [-0.2, 0) is 0 Å². The Balaban J connectivity index is 2.30. The molecule has 0 saturated carbocycles. The van der Waals surface area contributed by atoms with Crippen molar-refractivity contribution in [3.05, 3.63) is 41.7 Å². The molecular weight excluding hydrogens is 216 g/mol. The van der Waals surface area contributed by atoms with Crippen LogP contribution in [0.1, 0.15) is 16.1 Å². The van der Waals surface area contributed by atoms with Gasteiger partial charge in [0.05, 0.1) is 11.9 Å². The van der Waals surface area contributed by atoms with E-state index in [1.807, 2.05) is 31.2 Å². The van der Waals surface area contributed by atoms with Crippen LogP contribution in [0.15, 0.2) is 30.5 Å². The standard InChI is InChI=1S/C12H14N4O/c1-9-4-6-10(7-5-9)16-8-11(13-14-16)12(17)15(2)3/h4-8H,1-3H3. The summed E-state index contributed by atoms with van der Waals surface area (Å²) in [6, 6.07) is 7.86. The summed E-state index contributed by atoms with van der Waals surface area (Å²) in [5.74, 6) is -0.150. The highest BCUT2D eigenvalue weighted by molar-refractivity contribution is 5.91. The molecule has 2 rings (SSSR count). The molecule has 1 heterocycles. The molecule has 0 spiro atoms. The summed E-state index contributed by atoms with van der Waals surface area (Å²) in [7, 11) is 3.38. The fourth-order valence-corrected chi connectivity index (χ4v) is 1.41. The van der Waals surface area contributed by atoms with Crippen molar-refractivity contribution in [1.82, 2.24) is 19.9 Å². The van der Waals surface area contributed by atoms with Gasteiger partial charge in [-0.25, -0.2) is 4.68 Å². The molecule has 0 N–H and O–H groups in total. The number of aromatic nitrogens is 3. The van der Waals surface area contributed by atoms with Gasteiger partial charge in [-0.1, -0.05) is 22.9 Å². The number of nitrogens with zero attached hydrogens (tertiary/aromatic N) is 4. The lowest BCUT2D eigenvalue weighted by atomic mass is 10.2. The number of hydrogen-bond acceptors (Lipinski definition) is 3. The molecule has 0 fully saturated rings. The van der Waals surface area contributed by atoms with Crippen LogP contribution in [0, 0.1) is 6.92 Å². The number of benzene rings is 1. The van der Waals surface area contributed by atoms with Gasteiger partial charge in [0, 0.05) is 14.1 Å². The molecule has 0 aliphatic heterocycles. The highest BCUT2D eigenvalue weighted by Gasteiger charge is 2.12. The molecule has 5 nitrogen and oxygen atoms in total. The van der Waals surface area contributed by atoms with Gasteiger partial charge < -0.3 is 4.90 Å². The molecular formula is C12H14N4O. The van der Waals surface area contributed by atoms with Gasteiger partial charge in [-0.05, 0) is 19.1 Å². The van der Waals surface area contributed by atoms with Gasteiger partial charge in [0.2, 0.25) is 0 Å². The molecule has 5 heteroatoms. The average molecular weight is 230 g/mol. The molecule has 0 unspecified atom stereocenters. The summed E-state index contributed by atoms with van der Waals surface area (Å²) in [6.07, 6.45) is 1.63. The largest absolute Gasteiger partial charge is 0.343 e. The SMILES string of the molecule is Cc1ccc(-n2cc(C(=O)N(C)C)nn2)cc1. The molecule has 0 bridgehead atoms. The van der Waals surface area contributed by atoms with Crippen LogP contribution in [0.5, 0.6) is 0 Å². The van der Waals surface area contributed by atoms with Gasteiger partial charge in [-0.3, -0.25) is 4.79 Å². The van der Waals surface area contributed by atoms with E-state index < -0.39 is 0 Å². The fraction of sp³-hybridized carbons (Fsp3) is 0.250. The van der Waals surface area contributed by atoms with Crippen molar-refractivity contribution in [2.45, 2.75) is 6.92 Å². The van der Waals surface area contributed by atoms with Crippen LogP contribution >= 0.6 is 0 Å². The molecule has 0 saturated heterocycles. The van der Waals surface area contributed by atoms with Crippen LogP contribution < -0.4 is 0 Å². The van der Waals surface area contributed by atoms with Gasteiger partial charge >= 0.3 is 0 Å². The maximum atomic E-state index is 11.7. The zero-order chi connectivity index (χ0) is 12.4. The Morgan fingerprint density at radius 1 is 1.24 bits per heavy atom. The minimum atomic E-state index is -0.150. The van der Waals surface area contributed by atoms with E-state index in [0.29, 0.717) is 5.69 Å². The van der Waals surface area contributed by atoms with Crippen LogP contribution in [0.2, 0.25) is 0 Å². The topological polar surface area (TPSA) is 51.0 Å². The lowest BCUT2D eigenvalue weighted by Gasteiger charge is -2.05. The summed E-state index contributed by atoms with van der Waals surface area (Å²) in [6.45, 7) is 2.02. The number of rotatable bonds is 2. The Morgan fingerprint density at radius 3 is 2.47 bits per heavy atom. The second-order valence-corrected chi connectivity index (χ2v) is 4.08. The van der Waals surface area contributed by atoms with Crippen molar-refractivity contribution < 1.29 is 4.79 Å². The van der Waals surface area contributed by atoms with Crippen LogP contribution in [0.25, 0.3) is 5.69 Å². The molecule has 0 aliphatic carbocycles. The molecule has 1 aromatic heterocycles. The highest BCUT2D eigenvalue weighted by atomic mass is 16.2. The summed E-state index contributed by atoms with van der Waals surface area (Å²) in [5, 5.41) is 7.80. The monoisotopic (exact) mass is 230 g/mol. The van der Waals surface area contributed by atoms with Crippen molar-refractivity contribution in [2.24, 2.45) is 0 Å². The maximum Gasteiger partial charge on any atom is 0.275 e. The Labute approximate surface area is 99.7 Å². The number of carbonyl (C=O) groups is 1. The Hall–Kier alpha value is -2.17. The van der Waals surface area contributed by atoms with Gasteiger partial charge in [0.1, 0.15) is 0 Å². The third kappa shape index (κ3) is 2.33. The van der Waals surface area contributed by atoms with Crippen LogP contribution in [-0.4, -0.2) is 39.9 Å². The lowest BCUT2D eigenvalue weighted by molar-refractivity contribution is 0.0822. The second-order valence-electron chi connectivity index (χ2n) is 4.08. The number of amides is 1. The summed E-state index contributed by atoms with van der Waals surface area (Å²) in [5.41, 5.74) is 2.41. The molecule has 0 aliphatic rings. The first-order chi connectivity index (χ1) is 8.08. The zero-order valence-electron chi connectivity index (χ0n) is 10.1. The third-order valence-corrected chi connectivity index (χ3v) is 2.42. The fourth-order valence-electron chi connectivity index (χ4n) is 1.41. The van der Waals surface area contributed by atoms with Crippen LogP contribution in [0.3, 0.4) is 0 Å². The van der Waals surface area contributed by atoms with Crippen LogP contribution in [0.4, 0.5) is 0 Å². The molecule has 17 heavy (non-hydrogen) atoms. The maximum absolute atomic E-state index is 11.7. The Morgan fingerprint density at radius 2 is 1.88 bits per heavy atom. The smallest absolute Gasteiger partial charge is 0.275 e. The predicted octanol–water partition coefficient (Wildman–Crippen LogP) is 1.28. The molecule has 0 atom stereocenters. The van der Waals surface area contributed by atoms with E-state index in [0.717, 1.165) is 5.69 Å². The van der Waals surface area contributed by atoms with E-state index in [9.17, 15) is 4.79 Å². The third-order valence-electron chi connectivity index (χ3n) is 2.42. The first kappa shape index (κ1) is 11.3. The molecule has 1 amide bonds. The average Bonchev–Trinajstić information content (AvgIpc) is 2.78. The molecule has 2 aromatic rings. The minimum Gasteiger partial charge on any atom is -0.343 e. The molecule has 88 valence electrons. The number of hydrogen-bond donors (Lipinski definition) is 0. The Kier molecular flexibility index (Phi) is 2.91. The quantitative estimate of drug-likeness (QED) is 0.780. The van der Waals surface area contributed by atoms with Crippen molar-refractivity contribution >= 4 is 5.91 Å². The van der Waals surface area contributed by atoms with Gasteiger partial charge in [0.15, 0.2) is 5.69 Å². The second kappa shape index (κ2) is 4.37. The van der Waals surface area contributed by atoms with E-state index in [4.69, 9.17) is 0 Å². The lowest BCUT2D eigenvalue weighted by Crippen LogP contribution is -2.21. The van der Waals surface area contributed by atoms with Crippen molar-refractivity contribution in [1.29, 1.82) is 0 Å². The minimum absolute atomic E-state index is 0.150. The number of carbonyl (C=O) groups excluding carboxylic acids is 1. The van der Waals surface area contributed by atoms with Crippen molar-refractivity contribution in [3.63, 3.8) is 0 Å². The summed E-state index contributed by atoms with van der Waals surface area (Å²) in [4.78, 5) is 13.1. The van der Waals surface area contributed by atoms with Gasteiger partial charge in [-0.2, -0.15) is 0 Å². The zero-order valence-corrected chi connectivity index (χ0v) is 10.1. The van der Waals surface area contributed by atoms with Gasteiger partial charge in [-0.15, -0.1) is 5.10 Å². The number of aryl methyl sites for hydroxylation is 1.